The predicted octanol–water partition coefficient (Wildman–Crippen LogP) is 6.07. The van der Waals surface area contributed by atoms with E-state index in [1.807, 2.05) is 60.0 Å². The molecule has 5 rings (SSSR count). The molecule has 0 saturated carbocycles. The fraction of sp³-hybridized carbons (Fsp3) is 0. The number of hydrogen-bond donors (Lipinski definition) is 2. The molecule has 140 valence electrons. The van der Waals surface area contributed by atoms with Crippen molar-refractivity contribution in [1.29, 1.82) is 0 Å². The van der Waals surface area contributed by atoms with E-state index in [9.17, 15) is 9.90 Å². The molecule has 0 aliphatic rings. The maximum absolute atomic E-state index is 12.9. The van der Waals surface area contributed by atoms with E-state index < -0.39 is 5.91 Å². The molecule has 0 unspecified atom stereocenters. The maximum atomic E-state index is 12.9. The summed E-state index contributed by atoms with van der Waals surface area (Å²) in [6.07, 6.45) is 0. The first-order valence-electron chi connectivity index (χ1n) is 8.90. The molecule has 0 atom stereocenters. The molecule has 2 aromatic carbocycles. The van der Waals surface area contributed by atoms with Crippen LogP contribution in [0, 0.1) is 0 Å². The van der Waals surface area contributed by atoms with Crippen LogP contribution >= 0.6 is 11.3 Å². The molecule has 0 fully saturated rings. The first-order chi connectivity index (χ1) is 14.2. The van der Waals surface area contributed by atoms with Gasteiger partial charge in [-0.3, -0.25) is 4.79 Å². The van der Waals surface area contributed by atoms with Gasteiger partial charge in [0.05, 0.1) is 27.2 Å². The van der Waals surface area contributed by atoms with Gasteiger partial charge in [-0.05, 0) is 29.6 Å². The van der Waals surface area contributed by atoms with Crippen molar-refractivity contribution < 1.29 is 9.90 Å². The number of nitrogens with one attached hydrogen (secondary N) is 1. The zero-order valence-electron chi connectivity index (χ0n) is 15.0. The van der Waals surface area contributed by atoms with Gasteiger partial charge in [-0.15, -0.1) is 21.6 Å². The van der Waals surface area contributed by atoms with Gasteiger partial charge < -0.3 is 10.1 Å². The Morgan fingerprint density at radius 3 is 2.62 bits per heavy atom. The van der Waals surface area contributed by atoms with Crippen LogP contribution in [0.15, 0.2) is 82.3 Å². The number of azo groups is 1. The normalized spacial score (nSPS) is 11.6. The molecule has 0 saturated heterocycles. The second-order valence-electron chi connectivity index (χ2n) is 6.42. The molecule has 0 radical (unpaired) electrons. The average Bonchev–Trinajstić information content (AvgIpc) is 3.39. The van der Waals surface area contributed by atoms with Crippen LogP contribution < -0.4 is 0 Å². The second-order valence-corrected chi connectivity index (χ2v) is 7.37. The highest BCUT2D eigenvalue weighted by Gasteiger charge is 2.15. The molecular weight excluding hydrogens is 384 g/mol. The molecule has 0 spiro atoms. The van der Waals surface area contributed by atoms with Crippen LogP contribution in [0.2, 0.25) is 0 Å². The summed E-state index contributed by atoms with van der Waals surface area (Å²) in [7, 11) is 0. The average molecular weight is 398 g/mol. The number of benzene rings is 2. The number of aromatic amines is 1. The number of H-pyrrole nitrogens is 1. The number of carbonyl (C=O) groups is 1. The van der Waals surface area contributed by atoms with E-state index >= 15 is 0 Å². The third kappa shape index (κ3) is 3.07. The number of rotatable bonds is 3. The Morgan fingerprint density at radius 2 is 1.79 bits per heavy atom. The Kier molecular flexibility index (Phi) is 4.14. The number of nitrogens with zero attached hydrogens (tertiary/aromatic N) is 3. The summed E-state index contributed by atoms with van der Waals surface area (Å²) in [6.45, 7) is 0. The summed E-state index contributed by atoms with van der Waals surface area (Å²) in [4.78, 5) is 21.4. The van der Waals surface area contributed by atoms with E-state index in [4.69, 9.17) is 0 Å². The first kappa shape index (κ1) is 17.3. The van der Waals surface area contributed by atoms with Crippen LogP contribution in [0.4, 0.5) is 5.69 Å². The van der Waals surface area contributed by atoms with Crippen molar-refractivity contribution in [3.8, 4) is 16.5 Å². The smallest absolute Gasteiger partial charge is 0.296 e. The summed E-state index contributed by atoms with van der Waals surface area (Å²) in [5.74, 6) is -0.618. The lowest BCUT2D eigenvalue weighted by atomic mass is 10.1. The SMILES string of the molecule is O=C(N=Nc1c(O)[nH]c2ccccc12)c1cc(-c2cccs2)nc2ccccc12. The van der Waals surface area contributed by atoms with Gasteiger partial charge in [0.1, 0.15) is 0 Å². The Bertz CT molecular complexity index is 1390. The molecule has 29 heavy (non-hydrogen) atoms. The minimum absolute atomic E-state index is 0.124. The third-order valence-electron chi connectivity index (χ3n) is 4.62. The van der Waals surface area contributed by atoms with E-state index in [0.717, 1.165) is 10.4 Å². The molecule has 7 heteroatoms. The minimum Gasteiger partial charge on any atom is -0.493 e. The maximum Gasteiger partial charge on any atom is 0.296 e. The fourth-order valence-electron chi connectivity index (χ4n) is 3.27. The van der Waals surface area contributed by atoms with E-state index in [1.165, 1.54) is 0 Å². The lowest BCUT2D eigenvalue weighted by Gasteiger charge is -2.05. The summed E-state index contributed by atoms with van der Waals surface area (Å²) in [6, 6.07) is 20.4. The monoisotopic (exact) mass is 398 g/mol. The molecular formula is C22H14N4O2S. The lowest BCUT2D eigenvalue weighted by molar-refractivity contribution is 0.0996. The summed E-state index contributed by atoms with van der Waals surface area (Å²) in [5.41, 5.74) is 2.81. The highest BCUT2D eigenvalue weighted by Crippen LogP contribution is 2.35. The van der Waals surface area contributed by atoms with Gasteiger partial charge >= 0.3 is 0 Å². The van der Waals surface area contributed by atoms with Crippen molar-refractivity contribution in [2.45, 2.75) is 0 Å². The van der Waals surface area contributed by atoms with Crippen LogP contribution in [0.1, 0.15) is 10.4 Å². The van der Waals surface area contributed by atoms with Gasteiger partial charge in [0.15, 0.2) is 5.69 Å². The van der Waals surface area contributed by atoms with Crippen molar-refractivity contribution >= 4 is 44.7 Å². The van der Waals surface area contributed by atoms with Gasteiger partial charge in [-0.2, -0.15) is 0 Å². The number of hydrogen-bond acceptors (Lipinski definition) is 5. The molecule has 3 aromatic heterocycles. The van der Waals surface area contributed by atoms with Crippen molar-refractivity contribution in [1.82, 2.24) is 9.97 Å². The van der Waals surface area contributed by atoms with Crippen molar-refractivity contribution in [2.24, 2.45) is 10.2 Å². The van der Waals surface area contributed by atoms with Crippen LogP contribution in [0.3, 0.4) is 0 Å². The molecule has 1 amide bonds. The van der Waals surface area contributed by atoms with E-state index in [0.29, 0.717) is 27.5 Å². The Labute approximate surface area is 169 Å². The van der Waals surface area contributed by atoms with Crippen LogP contribution in [0.25, 0.3) is 32.4 Å². The molecule has 5 aromatic rings. The highest BCUT2D eigenvalue weighted by atomic mass is 32.1. The van der Waals surface area contributed by atoms with Crippen LogP contribution in [-0.2, 0) is 0 Å². The van der Waals surface area contributed by atoms with Crippen LogP contribution in [0.5, 0.6) is 5.88 Å². The fourth-order valence-corrected chi connectivity index (χ4v) is 3.95. The number of pyridine rings is 1. The van der Waals surface area contributed by atoms with Crippen LogP contribution in [-0.4, -0.2) is 21.0 Å². The van der Waals surface area contributed by atoms with Gasteiger partial charge in [0.2, 0.25) is 5.88 Å². The zero-order chi connectivity index (χ0) is 19.8. The highest BCUT2D eigenvalue weighted by molar-refractivity contribution is 7.13. The van der Waals surface area contributed by atoms with E-state index in [2.05, 4.69) is 20.2 Å². The summed E-state index contributed by atoms with van der Waals surface area (Å²) < 4.78 is 0. The Balaban J connectivity index is 1.60. The van der Waals surface area contributed by atoms with Gasteiger partial charge in [0.25, 0.3) is 5.91 Å². The number of carbonyl (C=O) groups excluding carboxylic acids is 1. The third-order valence-corrected chi connectivity index (χ3v) is 5.51. The topological polar surface area (TPSA) is 90.7 Å². The minimum atomic E-state index is -0.494. The largest absolute Gasteiger partial charge is 0.493 e. The second kappa shape index (κ2) is 6.96. The summed E-state index contributed by atoms with van der Waals surface area (Å²) >= 11 is 1.55. The molecule has 0 aliphatic carbocycles. The van der Waals surface area contributed by atoms with Gasteiger partial charge in [-0.1, -0.05) is 42.5 Å². The predicted molar refractivity (Wildman–Crippen MR) is 114 cm³/mol. The first-order valence-corrected chi connectivity index (χ1v) is 9.78. The van der Waals surface area contributed by atoms with E-state index in [1.54, 1.807) is 23.5 Å². The number of aromatic hydroxyl groups is 1. The Morgan fingerprint density at radius 1 is 1.00 bits per heavy atom. The van der Waals surface area contributed by atoms with Crippen molar-refractivity contribution in [3.05, 3.63) is 77.7 Å². The molecule has 3 heterocycles. The van der Waals surface area contributed by atoms with Crippen molar-refractivity contribution in [3.63, 3.8) is 0 Å². The molecule has 2 N–H and O–H groups in total. The van der Waals surface area contributed by atoms with Gasteiger partial charge in [0, 0.05) is 10.8 Å². The van der Waals surface area contributed by atoms with E-state index in [-0.39, 0.29) is 11.6 Å². The standard InChI is InChI=1S/C22H14N4O2S/c27-21(26-25-20-14-7-2-4-9-17(14)24-22(20)28)15-12-18(19-10-5-11-29-19)23-16-8-3-1-6-13(15)16/h1-12,24,28H. The summed E-state index contributed by atoms with van der Waals surface area (Å²) in [5, 5.41) is 21.4. The Hall–Kier alpha value is -3.84. The van der Waals surface area contributed by atoms with Gasteiger partial charge in [-0.25, -0.2) is 4.98 Å². The number of amides is 1. The molecule has 0 aliphatic heterocycles. The number of thiophene rings is 1. The number of aromatic nitrogens is 2. The van der Waals surface area contributed by atoms with Crippen molar-refractivity contribution in [2.75, 3.05) is 0 Å². The quantitative estimate of drug-likeness (QED) is 0.361. The number of fused-ring (bicyclic) bond motifs is 2. The number of para-hydroxylation sites is 2. The lowest BCUT2D eigenvalue weighted by Crippen LogP contribution is -1.98. The molecule has 0 bridgehead atoms. The molecule has 6 nitrogen and oxygen atoms in total. The zero-order valence-corrected chi connectivity index (χ0v) is 15.9.